The van der Waals surface area contributed by atoms with Crippen molar-refractivity contribution in [3.8, 4) is 0 Å². The molecule has 1 N–H and O–H groups in total. The lowest BCUT2D eigenvalue weighted by molar-refractivity contribution is 0.231. The van der Waals surface area contributed by atoms with E-state index in [-0.39, 0.29) is 5.54 Å². The van der Waals surface area contributed by atoms with Crippen LogP contribution in [0.5, 0.6) is 0 Å². The summed E-state index contributed by atoms with van der Waals surface area (Å²) >= 11 is 6.10. The number of rotatable bonds is 4. The number of pyridine rings is 1. The first-order chi connectivity index (χ1) is 12.6. The minimum absolute atomic E-state index is 0.0295. The molecule has 136 valence electrons. The van der Waals surface area contributed by atoms with Gasteiger partial charge in [-0.25, -0.2) is 4.98 Å². The SMILES string of the molecule is Cc1nn(C)c2ncc(CNC3(c4ccc(Cl)cc4)CCCCC3)cc12. The van der Waals surface area contributed by atoms with E-state index >= 15 is 0 Å². The van der Waals surface area contributed by atoms with Crippen molar-refractivity contribution in [3.05, 3.63) is 58.4 Å². The standard InChI is InChI=1S/C21H25ClN4/c1-15-19-12-16(13-23-20(19)26(2)25-15)14-24-21(10-4-3-5-11-21)17-6-8-18(22)9-7-17/h6-9,12-13,24H,3-5,10-11,14H2,1-2H3. The van der Waals surface area contributed by atoms with Crippen molar-refractivity contribution in [2.45, 2.75) is 51.1 Å². The van der Waals surface area contributed by atoms with Crippen molar-refractivity contribution >= 4 is 22.6 Å². The molecular weight excluding hydrogens is 344 g/mol. The van der Waals surface area contributed by atoms with Gasteiger partial charge >= 0.3 is 0 Å². The Morgan fingerprint density at radius 3 is 2.62 bits per heavy atom. The van der Waals surface area contributed by atoms with Gasteiger partial charge < -0.3 is 5.32 Å². The lowest BCUT2D eigenvalue weighted by Gasteiger charge is -2.39. The molecule has 3 aromatic rings. The molecule has 0 saturated heterocycles. The van der Waals surface area contributed by atoms with Crippen molar-refractivity contribution in [2.75, 3.05) is 0 Å². The van der Waals surface area contributed by atoms with Gasteiger partial charge in [-0.2, -0.15) is 5.10 Å². The van der Waals surface area contributed by atoms with E-state index in [1.807, 2.05) is 37.0 Å². The number of hydrogen-bond donors (Lipinski definition) is 1. The normalized spacial score (nSPS) is 16.9. The van der Waals surface area contributed by atoms with Gasteiger partial charge in [0, 0.05) is 35.7 Å². The maximum Gasteiger partial charge on any atom is 0.157 e. The molecule has 1 fully saturated rings. The summed E-state index contributed by atoms with van der Waals surface area (Å²) in [6.07, 6.45) is 8.13. The van der Waals surface area contributed by atoms with Crippen molar-refractivity contribution in [2.24, 2.45) is 7.05 Å². The predicted octanol–water partition coefficient (Wildman–Crippen LogP) is 4.88. The summed E-state index contributed by atoms with van der Waals surface area (Å²) in [5, 5.41) is 10.3. The zero-order valence-electron chi connectivity index (χ0n) is 15.4. The predicted molar refractivity (Wildman–Crippen MR) is 106 cm³/mol. The van der Waals surface area contributed by atoms with Crippen LogP contribution >= 0.6 is 11.6 Å². The Kier molecular flexibility index (Phi) is 4.72. The lowest BCUT2D eigenvalue weighted by atomic mass is 9.76. The van der Waals surface area contributed by atoms with E-state index in [9.17, 15) is 0 Å². The Morgan fingerprint density at radius 2 is 1.88 bits per heavy atom. The molecule has 1 aromatic carbocycles. The zero-order chi connectivity index (χ0) is 18.1. The Balaban J connectivity index is 1.60. The van der Waals surface area contributed by atoms with E-state index < -0.39 is 0 Å². The molecule has 2 aromatic heterocycles. The Morgan fingerprint density at radius 1 is 1.15 bits per heavy atom. The first-order valence-corrected chi connectivity index (χ1v) is 9.74. The second-order valence-electron chi connectivity index (χ2n) is 7.43. The van der Waals surface area contributed by atoms with Gasteiger partial charge in [0.05, 0.1) is 5.69 Å². The van der Waals surface area contributed by atoms with Gasteiger partial charge in [-0.1, -0.05) is 43.0 Å². The molecule has 26 heavy (non-hydrogen) atoms. The fourth-order valence-electron chi connectivity index (χ4n) is 4.21. The molecule has 0 spiro atoms. The molecule has 4 rings (SSSR count). The van der Waals surface area contributed by atoms with E-state index in [1.165, 1.54) is 30.4 Å². The number of aromatic nitrogens is 3. The van der Waals surface area contributed by atoms with E-state index in [0.29, 0.717) is 0 Å². The average molecular weight is 369 g/mol. The molecular formula is C21H25ClN4. The van der Waals surface area contributed by atoms with E-state index in [1.54, 1.807) is 0 Å². The number of halogens is 1. The fourth-order valence-corrected chi connectivity index (χ4v) is 4.34. The second-order valence-corrected chi connectivity index (χ2v) is 7.86. The van der Waals surface area contributed by atoms with E-state index in [4.69, 9.17) is 11.6 Å². The summed E-state index contributed by atoms with van der Waals surface area (Å²) in [6.45, 7) is 2.84. The molecule has 0 atom stereocenters. The van der Waals surface area contributed by atoms with Gasteiger partial charge in [-0.3, -0.25) is 4.68 Å². The number of benzene rings is 1. The maximum absolute atomic E-state index is 6.10. The van der Waals surface area contributed by atoms with Gasteiger partial charge in [0.1, 0.15) is 0 Å². The van der Waals surface area contributed by atoms with Crippen LogP contribution in [0.25, 0.3) is 11.0 Å². The number of nitrogens with zero attached hydrogens (tertiary/aromatic N) is 3. The third-order valence-corrected chi connectivity index (χ3v) is 5.91. The summed E-state index contributed by atoms with van der Waals surface area (Å²) in [7, 11) is 1.94. The van der Waals surface area contributed by atoms with Crippen LogP contribution in [0.4, 0.5) is 0 Å². The number of nitrogens with one attached hydrogen (secondary N) is 1. The largest absolute Gasteiger partial charge is 0.303 e. The number of hydrogen-bond acceptors (Lipinski definition) is 3. The first kappa shape index (κ1) is 17.5. The highest BCUT2D eigenvalue weighted by Gasteiger charge is 2.33. The topological polar surface area (TPSA) is 42.7 Å². The molecule has 1 saturated carbocycles. The second kappa shape index (κ2) is 7.01. The van der Waals surface area contributed by atoms with Crippen LogP contribution in [0.1, 0.15) is 48.9 Å². The fraction of sp³-hybridized carbons (Fsp3) is 0.429. The molecule has 0 radical (unpaired) electrons. The summed E-state index contributed by atoms with van der Waals surface area (Å²) in [4.78, 5) is 4.62. The smallest absolute Gasteiger partial charge is 0.157 e. The Labute approximate surface area is 159 Å². The van der Waals surface area contributed by atoms with Crippen LogP contribution in [0.2, 0.25) is 5.02 Å². The third kappa shape index (κ3) is 3.24. The number of fused-ring (bicyclic) bond motifs is 1. The van der Waals surface area contributed by atoms with Crippen molar-refractivity contribution < 1.29 is 0 Å². The maximum atomic E-state index is 6.10. The van der Waals surface area contributed by atoms with Crippen LogP contribution in [0.3, 0.4) is 0 Å². The summed E-state index contributed by atoms with van der Waals surface area (Å²) < 4.78 is 1.85. The lowest BCUT2D eigenvalue weighted by Crippen LogP contribution is -2.43. The summed E-state index contributed by atoms with van der Waals surface area (Å²) in [5.41, 5.74) is 4.54. The molecule has 4 nitrogen and oxygen atoms in total. The van der Waals surface area contributed by atoms with Crippen LogP contribution in [0.15, 0.2) is 36.5 Å². The Hall–Kier alpha value is -1.91. The first-order valence-electron chi connectivity index (χ1n) is 9.37. The van der Waals surface area contributed by atoms with Crippen LogP contribution in [-0.4, -0.2) is 14.8 Å². The monoisotopic (exact) mass is 368 g/mol. The molecule has 0 unspecified atom stereocenters. The summed E-state index contributed by atoms with van der Waals surface area (Å²) in [5.74, 6) is 0. The molecule has 0 amide bonds. The van der Waals surface area contributed by atoms with Crippen molar-refractivity contribution in [1.29, 1.82) is 0 Å². The highest BCUT2D eigenvalue weighted by molar-refractivity contribution is 6.30. The highest BCUT2D eigenvalue weighted by Crippen LogP contribution is 2.38. The van der Waals surface area contributed by atoms with Crippen LogP contribution in [-0.2, 0) is 19.1 Å². The molecule has 0 bridgehead atoms. The Bertz CT molecular complexity index is 908. The van der Waals surface area contributed by atoms with Gasteiger partial charge in [-0.15, -0.1) is 0 Å². The zero-order valence-corrected chi connectivity index (χ0v) is 16.2. The van der Waals surface area contributed by atoms with Gasteiger partial charge in [0.25, 0.3) is 0 Å². The van der Waals surface area contributed by atoms with Gasteiger partial charge in [0.2, 0.25) is 0 Å². The van der Waals surface area contributed by atoms with E-state index in [2.05, 4.69) is 33.6 Å². The minimum atomic E-state index is 0.0295. The van der Waals surface area contributed by atoms with Crippen molar-refractivity contribution in [1.82, 2.24) is 20.1 Å². The van der Waals surface area contributed by atoms with Crippen LogP contribution < -0.4 is 5.32 Å². The minimum Gasteiger partial charge on any atom is -0.303 e. The quantitative estimate of drug-likeness (QED) is 0.713. The number of aryl methyl sites for hydroxylation is 2. The molecule has 2 heterocycles. The molecule has 0 aliphatic heterocycles. The molecule has 5 heteroatoms. The average Bonchev–Trinajstić information content (AvgIpc) is 2.95. The van der Waals surface area contributed by atoms with Gasteiger partial charge in [-0.05, 0) is 49.1 Å². The van der Waals surface area contributed by atoms with Gasteiger partial charge in [0.15, 0.2) is 5.65 Å². The van der Waals surface area contributed by atoms with Crippen molar-refractivity contribution in [3.63, 3.8) is 0 Å². The highest BCUT2D eigenvalue weighted by atomic mass is 35.5. The van der Waals surface area contributed by atoms with Crippen LogP contribution in [0, 0.1) is 6.92 Å². The molecule has 1 aliphatic rings. The van der Waals surface area contributed by atoms with E-state index in [0.717, 1.165) is 41.1 Å². The summed E-state index contributed by atoms with van der Waals surface area (Å²) in [6, 6.07) is 10.6. The molecule has 1 aliphatic carbocycles. The third-order valence-electron chi connectivity index (χ3n) is 5.65.